The zero-order chi connectivity index (χ0) is 19.4. The van der Waals surface area contributed by atoms with Crippen LogP contribution in [0.1, 0.15) is 6.92 Å². The number of carbonyl (C=O) groups is 1. The molecular weight excluding hydrogens is 376 g/mol. The van der Waals surface area contributed by atoms with Crippen molar-refractivity contribution >= 4 is 23.4 Å². The van der Waals surface area contributed by atoms with Gasteiger partial charge in [-0.3, -0.25) is 4.79 Å². The SMILES string of the molecule is COc1ccc(-n2nnnc2SC(C)C(=O)Nc2ccc(F)cc2F)cc1. The minimum atomic E-state index is -0.844. The average Bonchev–Trinajstić information content (AvgIpc) is 3.12. The van der Waals surface area contributed by atoms with Crippen LogP contribution in [-0.2, 0) is 4.79 Å². The second-order valence-electron chi connectivity index (χ2n) is 5.44. The zero-order valence-corrected chi connectivity index (χ0v) is 15.2. The molecule has 2 aromatic carbocycles. The molecule has 140 valence electrons. The Morgan fingerprint density at radius 2 is 1.96 bits per heavy atom. The Balaban J connectivity index is 1.71. The number of hydrogen-bond donors (Lipinski definition) is 1. The van der Waals surface area contributed by atoms with Gasteiger partial charge in [0.05, 0.1) is 23.7 Å². The van der Waals surface area contributed by atoms with Gasteiger partial charge in [0.25, 0.3) is 0 Å². The van der Waals surface area contributed by atoms with Gasteiger partial charge in [0.15, 0.2) is 0 Å². The fourth-order valence-corrected chi connectivity index (χ4v) is 2.98. The van der Waals surface area contributed by atoms with Gasteiger partial charge in [-0.2, -0.15) is 4.68 Å². The summed E-state index contributed by atoms with van der Waals surface area (Å²) in [5.74, 6) is -1.33. The third-order valence-electron chi connectivity index (χ3n) is 3.60. The predicted octanol–water partition coefficient (Wildman–Crippen LogP) is 3.07. The Labute approximate surface area is 157 Å². The quantitative estimate of drug-likeness (QED) is 0.651. The number of halogens is 2. The van der Waals surface area contributed by atoms with Crippen molar-refractivity contribution in [2.45, 2.75) is 17.3 Å². The summed E-state index contributed by atoms with van der Waals surface area (Å²) in [4.78, 5) is 12.3. The molecule has 3 aromatic rings. The lowest BCUT2D eigenvalue weighted by Crippen LogP contribution is -2.23. The van der Waals surface area contributed by atoms with Crippen molar-refractivity contribution in [3.63, 3.8) is 0 Å². The number of anilines is 1. The molecule has 0 fully saturated rings. The van der Waals surface area contributed by atoms with Crippen LogP contribution < -0.4 is 10.1 Å². The van der Waals surface area contributed by atoms with Gasteiger partial charge < -0.3 is 10.1 Å². The van der Waals surface area contributed by atoms with E-state index in [0.29, 0.717) is 22.7 Å². The van der Waals surface area contributed by atoms with Crippen LogP contribution >= 0.6 is 11.8 Å². The smallest absolute Gasteiger partial charge is 0.237 e. The van der Waals surface area contributed by atoms with Crippen molar-refractivity contribution in [2.75, 3.05) is 12.4 Å². The van der Waals surface area contributed by atoms with Crippen LogP contribution in [0, 0.1) is 11.6 Å². The Hall–Kier alpha value is -3.01. The topological polar surface area (TPSA) is 81.9 Å². The number of rotatable bonds is 6. The fraction of sp³-hybridized carbons (Fsp3) is 0.176. The van der Waals surface area contributed by atoms with Gasteiger partial charge in [0.1, 0.15) is 17.4 Å². The molecule has 27 heavy (non-hydrogen) atoms. The lowest BCUT2D eigenvalue weighted by Gasteiger charge is -2.12. The van der Waals surface area contributed by atoms with Gasteiger partial charge in [-0.15, -0.1) is 5.10 Å². The summed E-state index contributed by atoms with van der Waals surface area (Å²) in [6.45, 7) is 1.63. The number of nitrogens with zero attached hydrogens (tertiary/aromatic N) is 4. The molecule has 0 radical (unpaired) electrons. The maximum absolute atomic E-state index is 13.7. The normalized spacial score (nSPS) is 11.9. The Morgan fingerprint density at radius 3 is 2.63 bits per heavy atom. The van der Waals surface area contributed by atoms with Gasteiger partial charge in [-0.05, 0) is 53.7 Å². The highest BCUT2D eigenvalue weighted by Crippen LogP contribution is 2.25. The number of aromatic nitrogens is 4. The van der Waals surface area contributed by atoms with E-state index >= 15 is 0 Å². The lowest BCUT2D eigenvalue weighted by atomic mass is 10.3. The highest BCUT2D eigenvalue weighted by Gasteiger charge is 2.20. The Morgan fingerprint density at radius 1 is 1.22 bits per heavy atom. The van der Waals surface area contributed by atoms with Crippen LogP contribution in [0.25, 0.3) is 5.69 Å². The molecule has 7 nitrogen and oxygen atoms in total. The third-order valence-corrected chi connectivity index (χ3v) is 4.63. The number of tetrazole rings is 1. The second-order valence-corrected chi connectivity index (χ2v) is 6.75. The minimum Gasteiger partial charge on any atom is -0.497 e. The van der Waals surface area contributed by atoms with E-state index in [1.165, 1.54) is 10.7 Å². The molecule has 0 aliphatic rings. The number of hydrogen-bond acceptors (Lipinski definition) is 6. The first-order valence-electron chi connectivity index (χ1n) is 7.83. The first kappa shape index (κ1) is 18.8. The van der Waals surface area contributed by atoms with Gasteiger partial charge in [0.2, 0.25) is 11.1 Å². The van der Waals surface area contributed by atoms with Crippen molar-refractivity contribution in [3.05, 3.63) is 54.1 Å². The predicted molar refractivity (Wildman–Crippen MR) is 96.0 cm³/mol. The molecule has 1 unspecified atom stereocenters. The maximum Gasteiger partial charge on any atom is 0.237 e. The average molecular weight is 391 g/mol. The van der Waals surface area contributed by atoms with Crippen LogP contribution in [-0.4, -0.2) is 38.5 Å². The number of ether oxygens (including phenoxy) is 1. The Kier molecular flexibility index (Phi) is 5.65. The number of nitrogens with one attached hydrogen (secondary N) is 1. The van der Waals surface area contributed by atoms with Crippen molar-refractivity contribution in [2.24, 2.45) is 0 Å². The molecule has 0 saturated carbocycles. The third kappa shape index (κ3) is 4.40. The summed E-state index contributed by atoms with van der Waals surface area (Å²) in [5.41, 5.74) is 0.601. The van der Waals surface area contributed by atoms with Crippen LogP contribution in [0.4, 0.5) is 14.5 Å². The number of methoxy groups -OCH3 is 1. The molecule has 0 aliphatic carbocycles. The monoisotopic (exact) mass is 391 g/mol. The number of benzene rings is 2. The molecule has 0 bridgehead atoms. The number of amides is 1. The van der Waals surface area contributed by atoms with Crippen molar-refractivity contribution < 1.29 is 18.3 Å². The van der Waals surface area contributed by atoms with E-state index in [4.69, 9.17) is 4.74 Å². The van der Waals surface area contributed by atoms with Gasteiger partial charge in [0, 0.05) is 6.07 Å². The van der Waals surface area contributed by atoms with E-state index in [1.807, 2.05) is 0 Å². The van der Waals surface area contributed by atoms with Gasteiger partial charge in [-0.1, -0.05) is 11.8 Å². The van der Waals surface area contributed by atoms with Gasteiger partial charge in [-0.25, -0.2) is 8.78 Å². The molecule has 1 aromatic heterocycles. The standard InChI is InChI=1S/C17H15F2N5O2S/c1-10(16(25)20-15-8-3-11(18)9-14(15)19)27-17-21-22-23-24(17)12-4-6-13(26-2)7-5-12/h3-10H,1-2H3,(H,20,25). The first-order valence-corrected chi connectivity index (χ1v) is 8.71. The fourth-order valence-electron chi connectivity index (χ4n) is 2.17. The van der Waals surface area contributed by atoms with E-state index in [-0.39, 0.29) is 5.69 Å². The van der Waals surface area contributed by atoms with Crippen molar-refractivity contribution in [1.82, 2.24) is 20.2 Å². The molecule has 1 amide bonds. The van der Waals surface area contributed by atoms with Crippen LogP contribution in [0.2, 0.25) is 0 Å². The molecule has 0 saturated heterocycles. The van der Waals surface area contributed by atoms with Crippen LogP contribution in [0.5, 0.6) is 5.75 Å². The summed E-state index contributed by atoms with van der Waals surface area (Å²) < 4.78 is 33.2. The summed E-state index contributed by atoms with van der Waals surface area (Å²) in [5, 5.41) is 13.7. The molecule has 1 N–H and O–H groups in total. The largest absolute Gasteiger partial charge is 0.497 e. The number of thioether (sulfide) groups is 1. The van der Waals surface area contributed by atoms with Crippen molar-refractivity contribution in [1.29, 1.82) is 0 Å². The summed E-state index contributed by atoms with van der Waals surface area (Å²) in [7, 11) is 1.57. The second kappa shape index (κ2) is 8.12. The van der Waals surface area contributed by atoms with E-state index in [2.05, 4.69) is 20.8 Å². The molecular formula is C17H15F2N5O2S. The molecule has 1 atom stereocenters. The molecule has 1 heterocycles. The van der Waals surface area contributed by atoms with Crippen molar-refractivity contribution in [3.8, 4) is 11.4 Å². The lowest BCUT2D eigenvalue weighted by molar-refractivity contribution is -0.115. The highest BCUT2D eigenvalue weighted by molar-refractivity contribution is 8.00. The van der Waals surface area contributed by atoms with Gasteiger partial charge >= 0.3 is 0 Å². The zero-order valence-electron chi connectivity index (χ0n) is 14.4. The van der Waals surface area contributed by atoms with Crippen LogP contribution in [0.3, 0.4) is 0 Å². The summed E-state index contributed by atoms with van der Waals surface area (Å²) >= 11 is 1.11. The highest BCUT2D eigenvalue weighted by atomic mass is 32.2. The van der Waals surface area contributed by atoms with Crippen LogP contribution in [0.15, 0.2) is 47.6 Å². The summed E-state index contributed by atoms with van der Waals surface area (Å²) in [6, 6.07) is 10.0. The maximum atomic E-state index is 13.7. The molecule has 0 aliphatic heterocycles. The summed E-state index contributed by atoms with van der Waals surface area (Å²) in [6.07, 6.45) is 0. The molecule has 10 heteroatoms. The van der Waals surface area contributed by atoms with E-state index in [1.54, 1.807) is 38.3 Å². The number of carbonyl (C=O) groups excluding carboxylic acids is 1. The molecule has 0 spiro atoms. The minimum absolute atomic E-state index is 0.0939. The first-order chi connectivity index (χ1) is 13.0. The Bertz CT molecular complexity index is 949. The van der Waals surface area contributed by atoms with E-state index in [0.717, 1.165) is 17.8 Å². The van der Waals surface area contributed by atoms with E-state index < -0.39 is 22.8 Å². The van der Waals surface area contributed by atoms with E-state index in [9.17, 15) is 13.6 Å². The molecule has 3 rings (SSSR count).